The number of carboxylic acid groups (broad SMARTS) is 1. The van der Waals surface area contributed by atoms with Gasteiger partial charge in [0.2, 0.25) is 0 Å². The van der Waals surface area contributed by atoms with Crippen LogP contribution < -0.4 is 0 Å². The van der Waals surface area contributed by atoms with E-state index in [1.807, 2.05) is 18.2 Å². The summed E-state index contributed by atoms with van der Waals surface area (Å²) in [5.41, 5.74) is 2.78. The predicted molar refractivity (Wildman–Crippen MR) is 51.1 cm³/mol. The lowest BCUT2D eigenvalue weighted by atomic mass is 10.0. The molecule has 0 radical (unpaired) electrons. The fourth-order valence-corrected chi connectivity index (χ4v) is 2.04. The van der Waals surface area contributed by atoms with Gasteiger partial charge >= 0.3 is 5.97 Å². The van der Waals surface area contributed by atoms with E-state index >= 15 is 0 Å². The molecule has 0 amide bonds. The normalized spacial score (nSPS) is 19.4. The van der Waals surface area contributed by atoms with E-state index in [1.165, 1.54) is 0 Å². The van der Waals surface area contributed by atoms with Crippen molar-refractivity contribution < 1.29 is 15.0 Å². The van der Waals surface area contributed by atoms with Crippen LogP contribution in [0.25, 0.3) is 0 Å². The highest BCUT2D eigenvalue weighted by molar-refractivity contribution is 5.71. The second-order valence-electron chi connectivity index (χ2n) is 3.61. The standard InChI is InChI=1S/C11H12O3/c12-10-5-4-8-7(6-11(13)14)2-1-3-9(8)10/h1-3,10,12H,4-6H2,(H,13,14). The molecule has 14 heavy (non-hydrogen) atoms. The van der Waals surface area contributed by atoms with E-state index in [9.17, 15) is 9.90 Å². The number of aliphatic hydroxyl groups is 1. The molecular formula is C11H12O3. The van der Waals surface area contributed by atoms with Gasteiger partial charge in [0.1, 0.15) is 0 Å². The van der Waals surface area contributed by atoms with Gasteiger partial charge in [0.25, 0.3) is 0 Å². The number of carbonyl (C=O) groups is 1. The molecule has 0 heterocycles. The largest absolute Gasteiger partial charge is 0.481 e. The first-order valence-corrected chi connectivity index (χ1v) is 4.69. The molecule has 1 unspecified atom stereocenters. The van der Waals surface area contributed by atoms with E-state index in [0.717, 1.165) is 23.1 Å². The van der Waals surface area contributed by atoms with Crippen molar-refractivity contribution in [1.82, 2.24) is 0 Å². The van der Waals surface area contributed by atoms with Crippen molar-refractivity contribution in [3.63, 3.8) is 0 Å². The molecule has 1 aromatic carbocycles. The predicted octanol–water partition coefficient (Wildman–Crippen LogP) is 1.29. The summed E-state index contributed by atoms with van der Waals surface area (Å²) in [6.45, 7) is 0. The second-order valence-corrected chi connectivity index (χ2v) is 3.61. The smallest absolute Gasteiger partial charge is 0.307 e. The van der Waals surface area contributed by atoms with E-state index < -0.39 is 12.1 Å². The molecule has 0 aliphatic heterocycles. The van der Waals surface area contributed by atoms with Gasteiger partial charge in [0.05, 0.1) is 12.5 Å². The maximum absolute atomic E-state index is 10.6. The van der Waals surface area contributed by atoms with E-state index in [1.54, 1.807) is 0 Å². The van der Waals surface area contributed by atoms with Crippen LogP contribution in [0.5, 0.6) is 0 Å². The van der Waals surface area contributed by atoms with E-state index in [0.29, 0.717) is 6.42 Å². The third-order valence-electron chi connectivity index (χ3n) is 2.68. The van der Waals surface area contributed by atoms with Gasteiger partial charge in [-0.3, -0.25) is 4.79 Å². The van der Waals surface area contributed by atoms with Gasteiger partial charge < -0.3 is 10.2 Å². The SMILES string of the molecule is O=C(O)Cc1cccc2c1CCC2O. The molecule has 0 bridgehead atoms. The number of benzene rings is 1. The van der Waals surface area contributed by atoms with Crippen molar-refractivity contribution in [2.45, 2.75) is 25.4 Å². The molecule has 1 aliphatic rings. The molecular weight excluding hydrogens is 180 g/mol. The molecule has 0 saturated carbocycles. The summed E-state index contributed by atoms with van der Waals surface area (Å²) < 4.78 is 0. The number of aliphatic carboxylic acids is 1. The Morgan fingerprint density at radius 3 is 3.00 bits per heavy atom. The van der Waals surface area contributed by atoms with Gasteiger partial charge in [-0.25, -0.2) is 0 Å². The number of hydrogen-bond acceptors (Lipinski definition) is 2. The topological polar surface area (TPSA) is 57.5 Å². The Bertz CT molecular complexity index is 371. The Morgan fingerprint density at radius 2 is 2.29 bits per heavy atom. The highest BCUT2D eigenvalue weighted by Gasteiger charge is 2.22. The maximum Gasteiger partial charge on any atom is 0.307 e. The minimum Gasteiger partial charge on any atom is -0.481 e. The maximum atomic E-state index is 10.6. The van der Waals surface area contributed by atoms with Crippen LogP contribution in [0.1, 0.15) is 29.2 Å². The Balaban J connectivity index is 2.39. The Hall–Kier alpha value is -1.35. The zero-order valence-corrected chi connectivity index (χ0v) is 7.73. The second kappa shape index (κ2) is 3.42. The molecule has 1 aromatic rings. The van der Waals surface area contributed by atoms with Crippen molar-refractivity contribution in [3.05, 3.63) is 34.9 Å². The fraction of sp³-hybridized carbons (Fsp3) is 0.364. The third-order valence-corrected chi connectivity index (χ3v) is 2.68. The minimum absolute atomic E-state index is 0.0515. The van der Waals surface area contributed by atoms with Crippen LogP contribution in [0.3, 0.4) is 0 Å². The molecule has 0 aromatic heterocycles. The number of hydrogen-bond donors (Lipinski definition) is 2. The Labute approximate surface area is 82.0 Å². The molecule has 0 fully saturated rings. The lowest BCUT2D eigenvalue weighted by Gasteiger charge is -2.06. The summed E-state index contributed by atoms with van der Waals surface area (Å²) in [6.07, 6.45) is 1.15. The van der Waals surface area contributed by atoms with Gasteiger partial charge in [-0.05, 0) is 29.5 Å². The quantitative estimate of drug-likeness (QED) is 0.742. The van der Waals surface area contributed by atoms with Crippen molar-refractivity contribution >= 4 is 5.97 Å². The zero-order chi connectivity index (χ0) is 10.1. The van der Waals surface area contributed by atoms with Crippen LogP contribution >= 0.6 is 0 Å². The highest BCUT2D eigenvalue weighted by Crippen LogP contribution is 2.33. The van der Waals surface area contributed by atoms with Crippen LogP contribution in [0, 0.1) is 0 Å². The molecule has 1 atom stereocenters. The number of aliphatic hydroxyl groups excluding tert-OH is 1. The monoisotopic (exact) mass is 192 g/mol. The van der Waals surface area contributed by atoms with E-state index in [-0.39, 0.29) is 6.42 Å². The van der Waals surface area contributed by atoms with Gasteiger partial charge in [-0.2, -0.15) is 0 Å². The van der Waals surface area contributed by atoms with Gasteiger partial charge in [-0.15, -0.1) is 0 Å². The Morgan fingerprint density at radius 1 is 1.50 bits per heavy atom. The summed E-state index contributed by atoms with van der Waals surface area (Å²) >= 11 is 0. The first kappa shape index (κ1) is 9.21. The van der Waals surface area contributed by atoms with Crippen molar-refractivity contribution in [3.8, 4) is 0 Å². The van der Waals surface area contributed by atoms with Crippen molar-refractivity contribution in [2.75, 3.05) is 0 Å². The fourth-order valence-electron chi connectivity index (χ4n) is 2.04. The molecule has 3 heteroatoms. The summed E-state index contributed by atoms with van der Waals surface area (Å²) in [6, 6.07) is 5.51. The van der Waals surface area contributed by atoms with Crippen LogP contribution in [-0.4, -0.2) is 16.2 Å². The molecule has 2 N–H and O–H groups in total. The summed E-state index contributed by atoms with van der Waals surface area (Å²) in [4.78, 5) is 10.6. The van der Waals surface area contributed by atoms with E-state index in [4.69, 9.17) is 5.11 Å². The Kier molecular flexibility index (Phi) is 2.25. The molecule has 2 rings (SSSR count). The summed E-state index contributed by atoms with van der Waals surface area (Å²) in [5.74, 6) is -0.820. The number of fused-ring (bicyclic) bond motifs is 1. The van der Waals surface area contributed by atoms with Crippen LogP contribution in [-0.2, 0) is 17.6 Å². The van der Waals surface area contributed by atoms with Crippen molar-refractivity contribution in [1.29, 1.82) is 0 Å². The van der Waals surface area contributed by atoms with Gasteiger partial charge in [0.15, 0.2) is 0 Å². The van der Waals surface area contributed by atoms with Gasteiger partial charge in [-0.1, -0.05) is 18.2 Å². The summed E-state index contributed by atoms with van der Waals surface area (Å²) in [5, 5.41) is 18.3. The molecule has 0 saturated heterocycles. The summed E-state index contributed by atoms with van der Waals surface area (Å²) in [7, 11) is 0. The molecule has 3 nitrogen and oxygen atoms in total. The molecule has 1 aliphatic carbocycles. The van der Waals surface area contributed by atoms with Gasteiger partial charge in [0, 0.05) is 0 Å². The lowest BCUT2D eigenvalue weighted by Crippen LogP contribution is -2.03. The molecule has 74 valence electrons. The van der Waals surface area contributed by atoms with Crippen LogP contribution in [0.2, 0.25) is 0 Å². The minimum atomic E-state index is -0.820. The number of carboxylic acids is 1. The average molecular weight is 192 g/mol. The van der Waals surface area contributed by atoms with Crippen LogP contribution in [0.15, 0.2) is 18.2 Å². The first-order valence-electron chi connectivity index (χ1n) is 4.69. The highest BCUT2D eigenvalue weighted by atomic mass is 16.4. The van der Waals surface area contributed by atoms with Crippen molar-refractivity contribution in [2.24, 2.45) is 0 Å². The first-order chi connectivity index (χ1) is 6.68. The lowest BCUT2D eigenvalue weighted by molar-refractivity contribution is -0.136. The third kappa shape index (κ3) is 1.51. The zero-order valence-electron chi connectivity index (χ0n) is 7.73. The average Bonchev–Trinajstić information content (AvgIpc) is 2.49. The van der Waals surface area contributed by atoms with E-state index in [2.05, 4.69) is 0 Å². The number of rotatable bonds is 2. The van der Waals surface area contributed by atoms with Crippen LogP contribution in [0.4, 0.5) is 0 Å². The molecule has 0 spiro atoms.